The van der Waals surface area contributed by atoms with E-state index in [0.717, 1.165) is 31.1 Å². The van der Waals surface area contributed by atoms with Gasteiger partial charge in [-0.25, -0.2) is 0 Å². The van der Waals surface area contributed by atoms with Crippen molar-refractivity contribution >= 4 is 11.6 Å². The molecule has 1 unspecified atom stereocenters. The molecule has 1 aromatic carbocycles. The Hall–Kier alpha value is -0.930. The van der Waals surface area contributed by atoms with Gasteiger partial charge in [0, 0.05) is 13.1 Å². The summed E-state index contributed by atoms with van der Waals surface area (Å²) < 4.78 is 5.14. The highest BCUT2D eigenvalue weighted by Gasteiger charge is 2.19. The number of nitrogens with zero attached hydrogens (tertiary/aromatic N) is 1. The molecule has 0 aliphatic carbocycles. The van der Waals surface area contributed by atoms with E-state index in [-0.39, 0.29) is 5.75 Å². The van der Waals surface area contributed by atoms with Crippen LogP contribution in [0, 0.1) is 5.92 Å². The molecule has 1 aromatic rings. The van der Waals surface area contributed by atoms with E-state index in [4.69, 9.17) is 16.3 Å². The van der Waals surface area contributed by atoms with Crippen molar-refractivity contribution in [1.29, 1.82) is 0 Å². The molecule has 0 bridgehead atoms. The fourth-order valence-electron chi connectivity index (χ4n) is 2.76. The van der Waals surface area contributed by atoms with Gasteiger partial charge in [-0.05, 0) is 43.0 Å². The van der Waals surface area contributed by atoms with E-state index in [1.807, 2.05) is 12.1 Å². The first-order valence-electron chi connectivity index (χ1n) is 6.91. The molecule has 1 atom stereocenters. The fourth-order valence-corrected chi connectivity index (χ4v) is 2.99. The molecule has 1 saturated heterocycles. The van der Waals surface area contributed by atoms with Crippen LogP contribution in [0.1, 0.15) is 31.7 Å². The number of hydrogen-bond donors (Lipinski definition) is 1. The molecular weight excluding hydrogens is 262 g/mol. The Labute approximate surface area is 120 Å². The summed E-state index contributed by atoms with van der Waals surface area (Å²) >= 11 is 6.02. The minimum Gasteiger partial charge on any atom is -0.503 e. The highest BCUT2D eigenvalue weighted by atomic mass is 35.5. The lowest BCUT2D eigenvalue weighted by Gasteiger charge is -2.32. The topological polar surface area (TPSA) is 32.7 Å². The molecule has 4 heteroatoms. The van der Waals surface area contributed by atoms with Gasteiger partial charge in [-0.1, -0.05) is 24.9 Å². The van der Waals surface area contributed by atoms with Crippen molar-refractivity contribution in [3.05, 3.63) is 22.7 Å². The minimum absolute atomic E-state index is 0.0259. The normalized spacial score (nSPS) is 20.5. The average Bonchev–Trinajstić information content (AvgIpc) is 2.43. The Balaban J connectivity index is 2.08. The molecule has 0 amide bonds. The summed E-state index contributed by atoms with van der Waals surface area (Å²) in [5, 5.41) is 10.1. The van der Waals surface area contributed by atoms with Gasteiger partial charge in [0.25, 0.3) is 0 Å². The lowest BCUT2D eigenvalue weighted by atomic mass is 9.95. The Bertz CT molecular complexity index is 436. The van der Waals surface area contributed by atoms with E-state index in [1.54, 1.807) is 7.11 Å². The third-order valence-corrected chi connectivity index (χ3v) is 4.18. The zero-order chi connectivity index (χ0) is 13.8. The van der Waals surface area contributed by atoms with Crippen LogP contribution < -0.4 is 4.74 Å². The van der Waals surface area contributed by atoms with Crippen LogP contribution in [0.15, 0.2) is 12.1 Å². The van der Waals surface area contributed by atoms with E-state index in [1.165, 1.54) is 19.3 Å². The number of methoxy groups -OCH3 is 1. The summed E-state index contributed by atoms with van der Waals surface area (Å²) in [6, 6.07) is 3.70. The summed E-state index contributed by atoms with van der Waals surface area (Å²) in [6.45, 7) is 5.41. The highest BCUT2D eigenvalue weighted by molar-refractivity contribution is 6.32. The van der Waals surface area contributed by atoms with Crippen LogP contribution in [0.25, 0.3) is 0 Å². The number of aromatic hydroxyl groups is 1. The van der Waals surface area contributed by atoms with Crippen LogP contribution in [0.3, 0.4) is 0 Å². The summed E-state index contributed by atoms with van der Waals surface area (Å²) in [7, 11) is 1.54. The second kappa shape index (κ2) is 6.49. The quantitative estimate of drug-likeness (QED) is 0.915. The predicted octanol–water partition coefficient (Wildman–Crippen LogP) is 3.68. The van der Waals surface area contributed by atoms with Crippen molar-refractivity contribution in [3.63, 3.8) is 0 Å². The number of rotatable bonds is 4. The Morgan fingerprint density at radius 3 is 2.95 bits per heavy atom. The first-order chi connectivity index (χ1) is 9.13. The standard InChI is InChI=1S/C15H22ClNO2/c1-3-11-5-4-6-17(9-11)10-12-7-13(16)15(18)14(8-12)19-2/h7-8,11,18H,3-6,9-10H2,1-2H3. The van der Waals surface area contributed by atoms with Crippen molar-refractivity contribution in [1.82, 2.24) is 4.90 Å². The first kappa shape index (κ1) is 14.5. The van der Waals surface area contributed by atoms with Gasteiger partial charge in [0.2, 0.25) is 0 Å². The van der Waals surface area contributed by atoms with Gasteiger partial charge in [0.05, 0.1) is 12.1 Å². The summed E-state index contributed by atoms with van der Waals surface area (Å²) in [6.07, 6.45) is 3.85. The molecule has 0 aromatic heterocycles. The van der Waals surface area contributed by atoms with Crippen LogP contribution in [0.2, 0.25) is 5.02 Å². The summed E-state index contributed by atoms with van der Waals surface area (Å²) in [5.41, 5.74) is 1.09. The van der Waals surface area contributed by atoms with E-state index >= 15 is 0 Å². The van der Waals surface area contributed by atoms with Crippen LogP contribution in [0.5, 0.6) is 11.5 Å². The van der Waals surface area contributed by atoms with E-state index < -0.39 is 0 Å². The number of hydrogen-bond acceptors (Lipinski definition) is 3. The van der Waals surface area contributed by atoms with E-state index in [0.29, 0.717) is 10.8 Å². The monoisotopic (exact) mass is 283 g/mol. The van der Waals surface area contributed by atoms with Crippen molar-refractivity contribution in [2.75, 3.05) is 20.2 Å². The van der Waals surface area contributed by atoms with E-state index in [9.17, 15) is 5.11 Å². The van der Waals surface area contributed by atoms with Gasteiger partial charge < -0.3 is 9.84 Å². The Morgan fingerprint density at radius 2 is 2.26 bits per heavy atom. The smallest absolute Gasteiger partial charge is 0.176 e. The Kier molecular flexibility index (Phi) is 4.94. The number of benzene rings is 1. The van der Waals surface area contributed by atoms with Crippen LogP contribution in [-0.2, 0) is 6.54 Å². The number of phenols is 1. The van der Waals surface area contributed by atoms with Crippen molar-refractivity contribution in [2.45, 2.75) is 32.7 Å². The summed E-state index contributed by atoms with van der Waals surface area (Å²) in [5.74, 6) is 1.28. The second-order valence-electron chi connectivity index (χ2n) is 5.28. The molecule has 0 saturated carbocycles. The van der Waals surface area contributed by atoms with Gasteiger partial charge in [-0.3, -0.25) is 4.90 Å². The molecule has 106 valence electrons. The van der Waals surface area contributed by atoms with Crippen molar-refractivity contribution in [3.8, 4) is 11.5 Å². The lowest BCUT2D eigenvalue weighted by molar-refractivity contribution is 0.164. The van der Waals surface area contributed by atoms with Crippen molar-refractivity contribution < 1.29 is 9.84 Å². The third kappa shape index (κ3) is 3.54. The number of likely N-dealkylation sites (tertiary alicyclic amines) is 1. The van der Waals surface area contributed by atoms with Crippen LogP contribution in [0.4, 0.5) is 0 Å². The number of halogens is 1. The lowest BCUT2D eigenvalue weighted by Crippen LogP contribution is -2.34. The number of piperidine rings is 1. The van der Waals surface area contributed by atoms with Gasteiger partial charge in [0.15, 0.2) is 11.5 Å². The molecule has 2 rings (SSSR count). The van der Waals surface area contributed by atoms with Gasteiger partial charge in [0.1, 0.15) is 0 Å². The average molecular weight is 284 g/mol. The molecule has 3 nitrogen and oxygen atoms in total. The molecule has 0 radical (unpaired) electrons. The summed E-state index contributed by atoms with van der Waals surface area (Å²) in [4.78, 5) is 2.46. The molecule has 1 fully saturated rings. The molecule has 19 heavy (non-hydrogen) atoms. The zero-order valence-corrected chi connectivity index (χ0v) is 12.4. The molecule has 1 aliphatic rings. The van der Waals surface area contributed by atoms with Crippen LogP contribution >= 0.6 is 11.6 Å². The molecule has 1 aliphatic heterocycles. The Morgan fingerprint density at radius 1 is 1.47 bits per heavy atom. The maximum absolute atomic E-state index is 9.74. The molecule has 0 spiro atoms. The van der Waals surface area contributed by atoms with Gasteiger partial charge >= 0.3 is 0 Å². The maximum Gasteiger partial charge on any atom is 0.176 e. The predicted molar refractivity (Wildman–Crippen MR) is 78.0 cm³/mol. The van der Waals surface area contributed by atoms with Crippen LogP contribution in [-0.4, -0.2) is 30.2 Å². The number of phenolic OH excluding ortho intramolecular Hbond substituents is 1. The van der Waals surface area contributed by atoms with Crippen molar-refractivity contribution in [2.24, 2.45) is 5.92 Å². The highest BCUT2D eigenvalue weighted by Crippen LogP contribution is 2.35. The molecule has 1 heterocycles. The third-order valence-electron chi connectivity index (χ3n) is 3.89. The minimum atomic E-state index is 0.0259. The maximum atomic E-state index is 9.74. The SMILES string of the molecule is CCC1CCCN(Cc2cc(Cl)c(O)c(OC)c2)C1. The van der Waals surface area contributed by atoms with E-state index in [2.05, 4.69) is 11.8 Å². The molecule has 1 N–H and O–H groups in total. The number of ether oxygens (including phenoxy) is 1. The largest absolute Gasteiger partial charge is 0.503 e. The van der Waals surface area contributed by atoms with Gasteiger partial charge in [-0.15, -0.1) is 0 Å². The fraction of sp³-hybridized carbons (Fsp3) is 0.600. The van der Waals surface area contributed by atoms with Gasteiger partial charge in [-0.2, -0.15) is 0 Å². The molecular formula is C15H22ClNO2. The zero-order valence-electron chi connectivity index (χ0n) is 11.7. The second-order valence-corrected chi connectivity index (χ2v) is 5.69. The first-order valence-corrected chi connectivity index (χ1v) is 7.29.